The summed E-state index contributed by atoms with van der Waals surface area (Å²) in [6.07, 6.45) is 0.788. The molecule has 0 aromatic rings. The number of nitriles is 1. The van der Waals surface area contributed by atoms with Gasteiger partial charge in [0.2, 0.25) is 0 Å². The van der Waals surface area contributed by atoms with Gasteiger partial charge in [0.15, 0.2) is 6.07 Å². The van der Waals surface area contributed by atoms with Crippen LogP contribution in [0.25, 0.3) is 0 Å². The Hall–Kier alpha value is -2.27. The van der Waals surface area contributed by atoms with E-state index in [0.717, 1.165) is 6.42 Å². The summed E-state index contributed by atoms with van der Waals surface area (Å²) in [6.45, 7) is 1.94. The van der Waals surface area contributed by atoms with Crippen LogP contribution in [0.3, 0.4) is 0 Å². The second-order valence-electron chi connectivity index (χ2n) is 1.52. The van der Waals surface area contributed by atoms with Crippen LogP contribution in [-0.2, 0) is 0 Å². The van der Waals surface area contributed by atoms with E-state index < -0.39 is 0 Å². The smallest absolute Gasteiger partial charge is 0.153 e. The monoisotopic (exact) mass is 151 g/mol. The molecule has 0 aliphatic carbocycles. The predicted octanol–water partition coefficient (Wildman–Crippen LogP) is 0.934. The highest BCUT2D eigenvalue weighted by Gasteiger charge is 1.57. The minimum Gasteiger partial charge on any atom is -0.183 e. The van der Waals surface area contributed by atoms with Crippen molar-refractivity contribution < 1.29 is 0 Å². The lowest BCUT2D eigenvalue weighted by Crippen LogP contribution is -1.54. The summed E-state index contributed by atoms with van der Waals surface area (Å²) in [5, 5.41) is 7.99. The summed E-state index contributed by atoms with van der Waals surface area (Å²) < 4.78 is 0. The van der Waals surface area contributed by atoms with Gasteiger partial charge in [0.25, 0.3) is 0 Å². The second kappa shape index (κ2) is 8.73. The molecule has 0 N–H and O–H groups in total. The maximum atomic E-state index is 7.99. The van der Waals surface area contributed by atoms with E-state index in [-0.39, 0.29) is 0 Å². The molecule has 0 spiro atoms. The van der Waals surface area contributed by atoms with Crippen LogP contribution >= 0.6 is 0 Å². The summed E-state index contributed by atoms with van der Waals surface area (Å²) in [5.74, 6) is 19.6. The third-order valence-electron chi connectivity index (χ3n) is 0.696. The molecule has 12 heavy (non-hydrogen) atoms. The SMILES string of the molecule is CCC#CC#CC#CC#CC#N. The van der Waals surface area contributed by atoms with Gasteiger partial charge in [-0.05, 0) is 17.8 Å². The maximum Gasteiger partial charge on any atom is 0.153 e. The van der Waals surface area contributed by atoms with Crippen molar-refractivity contribution in [2.75, 3.05) is 0 Å². The predicted molar refractivity (Wildman–Crippen MR) is 47.0 cm³/mol. The van der Waals surface area contributed by atoms with Crippen molar-refractivity contribution in [3.63, 3.8) is 0 Å². The molecular formula is C11H5N. The largest absolute Gasteiger partial charge is 0.183 e. The molecule has 0 unspecified atom stereocenters. The van der Waals surface area contributed by atoms with Gasteiger partial charge in [0, 0.05) is 30.1 Å². The summed E-state index contributed by atoms with van der Waals surface area (Å²) >= 11 is 0. The van der Waals surface area contributed by atoms with E-state index in [1.54, 1.807) is 6.07 Å². The lowest BCUT2D eigenvalue weighted by molar-refractivity contribution is 1.28. The van der Waals surface area contributed by atoms with Crippen LogP contribution < -0.4 is 0 Å². The standard InChI is InChI=1S/C11H5N/c1-2-3-4-5-6-7-8-9-10-11-12/h2H2,1H3. The highest BCUT2D eigenvalue weighted by Crippen LogP contribution is 1.64. The molecule has 0 amide bonds. The van der Waals surface area contributed by atoms with Gasteiger partial charge >= 0.3 is 0 Å². The zero-order chi connectivity index (χ0) is 9.07. The average molecular weight is 151 g/mol. The molecule has 1 nitrogen and oxygen atoms in total. The van der Waals surface area contributed by atoms with Crippen LogP contribution in [0, 0.1) is 58.7 Å². The highest BCUT2D eigenvalue weighted by molar-refractivity contribution is 5.41. The molecule has 0 aromatic carbocycles. The van der Waals surface area contributed by atoms with Gasteiger partial charge in [-0.2, -0.15) is 5.26 Å². The van der Waals surface area contributed by atoms with E-state index in [1.807, 2.05) is 6.92 Å². The third-order valence-corrected chi connectivity index (χ3v) is 0.696. The van der Waals surface area contributed by atoms with Gasteiger partial charge in [-0.25, -0.2) is 0 Å². The Bertz CT molecular complexity index is 405. The third kappa shape index (κ3) is 7.73. The lowest BCUT2D eigenvalue weighted by atomic mass is 10.4. The van der Waals surface area contributed by atoms with Crippen molar-refractivity contribution in [2.24, 2.45) is 0 Å². The van der Waals surface area contributed by atoms with E-state index in [9.17, 15) is 0 Å². The molecule has 0 aliphatic rings. The summed E-state index contributed by atoms with van der Waals surface area (Å²) in [5.41, 5.74) is 0. The minimum atomic E-state index is 0.788. The highest BCUT2D eigenvalue weighted by atomic mass is 14.2. The van der Waals surface area contributed by atoms with Gasteiger partial charge in [-0.3, -0.25) is 0 Å². The number of nitrogens with zero attached hydrogens (tertiary/aromatic N) is 1. The molecule has 0 heterocycles. The molecule has 0 atom stereocenters. The van der Waals surface area contributed by atoms with Gasteiger partial charge in [0.05, 0.1) is 0 Å². The fraction of sp³-hybridized carbons (Fsp3) is 0.182. The van der Waals surface area contributed by atoms with Crippen molar-refractivity contribution >= 4 is 0 Å². The zero-order valence-corrected chi connectivity index (χ0v) is 6.65. The minimum absolute atomic E-state index is 0.788. The van der Waals surface area contributed by atoms with E-state index in [0.29, 0.717) is 0 Å². The molecule has 54 valence electrons. The Balaban J connectivity index is 4.00. The van der Waals surface area contributed by atoms with E-state index >= 15 is 0 Å². The molecule has 0 saturated carbocycles. The molecule has 1 heteroatoms. The average Bonchev–Trinajstić information content (AvgIpc) is 2.10. The van der Waals surface area contributed by atoms with Crippen molar-refractivity contribution in [3.8, 4) is 53.4 Å². The zero-order valence-electron chi connectivity index (χ0n) is 6.65. The van der Waals surface area contributed by atoms with Gasteiger partial charge in [-0.1, -0.05) is 12.8 Å². The Morgan fingerprint density at radius 3 is 1.83 bits per heavy atom. The maximum absolute atomic E-state index is 7.99. The van der Waals surface area contributed by atoms with Gasteiger partial charge < -0.3 is 0 Å². The fourth-order valence-electron chi connectivity index (χ4n) is 0.317. The van der Waals surface area contributed by atoms with Crippen LogP contribution in [0.1, 0.15) is 13.3 Å². The Morgan fingerprint density at radius 2 is 1.33 bits per heavy atom. The van der Waals surface area contributed by atoms with E-state index in [4.69, 9.17) is 5.26 Å². The topological polar surface area (TPSA) is 23.8 Å². The van der Waals surface area contributed by atoms with Crippen molar-refractivity contribution in [2.45, 2.75) is 13.3 Å². The first-order chi connectivity index (χ1) is 5.91. The van der Waals surface area contributed by atoms with Crippen LogP contribution in [0.15, 0.2) is 0 Å². The molecule has 0 bridgehead atoms. The first-order valence-corrected chi connectivity index (χ1v) is 3.28. The normalized spacial score (nSPS) is 4.33. The molecule has 0 fully saturated rings. The number of hydrogen-bond donors (Lipinski definition) is 0. The molecule has 0 aliphatic heterocycles. The van der Waals surface area contributed by atoms with Crippen LogP contribution in [0.5, 0.6) is 0 Å². The van der Waals surface area contributed by atoms with E-state index in [1.165, 1.54) is 0 Å². The van der Waals surface area contributed by atoms with Crippen molar-refractivity contribution in [1.29, 1.82) is 5.26 Å². The van der Waals surface area contributed by atoms with Gasteiger partial charge in [-0.15, -0.1) is 0 Å². The number of hydrogen-bond acceptors (Lipinski definition) is 1. The first-order valence-electron chi connectivity index (χ1n) is 3.28. The molecule has 0 saturated heterocycles. The van der Waals surface area contributed by atoms with Crippen molar-refractivity contribution in [1.82, 2.24) is 0 Å². The quantitative estimate of drug-likeness (QED) is 0.472. The molecule has 0 aromatic heterocycles. The van der Waals surface area contributed by atoms with Gasteiger partial charge in [0.1, 0.15) is 0 Å². The summed E-state index contributed by atoms with van der Waals surface area (Å²) in [4.78, 5) is 0. The van der Waals surface area contributed by atoms with E-state index in [2.05, 4.69) is 47.4 Å². The van der Waals surface area contributed by atoms with Crippen LogP contribution in [0.4, 0.5) is 0 Å². The second-order valence-corrected chi connectivity index (χ2v) is 1.52. The summed E-state index contributed by atoms with van der Waals surface area (Å²) in [7, 11) is 0. The van der Waals surface area contributed by atoms with Crippen LogP contribution in [-0.4, -0.2) is 0 Å². The summed E-state index contributed by atoms with van der Waals surface area (Å²) in [6, 6.07) is 1.64. The Labute approximate surface area is 72.8 Å². The number of rotatable bonds is 0. The molecular weight excluding hydrogens is 146 g/mol. The lowest BCUT2D eigenvalue weighted by Gasteiger charge is -1.60. The van der Waals surface area contributed by atoms with Crippen LogP contribution in [0.2, 0.25) is 0 Å². The molecule has 0 rings (SSSR count). The van der Waals surface area contributed by atoms with Crippen molar-refractivity contribution in [3.05, 3.63) is 0 Å². The molecule has 0 radical (unpaired) electrons. The Morgan fingerprint density at radius 1 is 0.833 bits per heavy atom. The first kappa shape index (κ1) is 9.73. The fourth-order valence-corrected chi connectivity index (χ4v) is 0.317. The Kier molecular flexibility index (Phi) is 7.08.